The standard InChI is InChI=1S/C23H22N2/c1-16-7-11-20(15-17(16)2)19-12-8-18(9-13-19)10-14-23-24-21-5-3-4-6-22(21)25-23/h3-9,11-13,15H,10,14H2,1-2H3,(H,24,25). The summed E-state index contributed by atoms with van der Waals surface area (Å²) in [6, 6.07) is 23.7. The lowest BCUT2D eigenvalue weighted by Gasteiger charge is -2.07. The van der Waals surface area contributed by atoms with Crippen LogP contribution in [0.3, 0.4) is 0 Å². The Bertz CT molecular complexity index is 977. The minimum Gasteiger partial charge on any atom is -0.342 e. The zero-order chi connectivity index (χ0) is 17.2. The van der Waals surface area contributed by atoms with E-state index >= 15 is 0 Å². The van der Waals surface area contributed by atoms with Gasteiger partial charge in [0, 0.05) is 6.42 Å². The molecule has 1 heterocycles. The van der Waals surface area contributed by atoms with Gasteiger partial charge in [-0.15, -0.1) is 0 Å². The molecular weight excluding hydrogens is 304 g/mol. The molecule has 0 aliphatic carbocycles. The third kappa shape index (κ3) is 3.34. The number of hydrogen-bond acceptors (Lipinski definition) is 1. The van der Waals surface area contributed by atoms with Gasteiger partial charge in [0.15, 0.2) is 0 Å². The third-order valence-corrected chi connectivity index (χ3v) is 4.88. The van der Waals surface area contributed by atoms with Crippen LogP contribution in [0.2, 0.25) is 0 Å². The second kappa shape index (κ2) is 6.56. The van der Waals surface area contributed by atoms with E-state index in [2.05, 4.69) is 72.3 Å². The number of hydrogen-bond donors (Lipinski definition) is 1. The highest BCUT2D eigenvalue weighted by atomic mass is 14.9. The molecule has 2 heteroatoms. The van der Waals surface area contributed by atoms with Crippen LogP contribution in [-0.2, 0) is 12.8 Å². The highest BCUT2D eigenvalue weighted by Crippen LogP contribution is 2.23. The smallest absolute Gasteiger partial charge is 0.107 e. The van der Waals surface area contributed by atoms with Gasteiger partial charge in [-0.25, -0.2) is 4.98 Å². The van der Waals surface area contributed by atoms with Crippen molar-refractivity contribution in [1.29, 1.82) is 0 Å². The molecule has 3 aromatic carbocycles. The largest absolute Gasteiger partial charge is 0.342 e. The van der Waals surface area contributed by atoms with E-state index in [1.165, 1.54) is 27.8 Å². The molecule has 0 radical (unpaired) electrons. The third-order valence-electron chi connectivity index (χ3n) is 4.88. The first kappa shape index (κ1) is 15.6. The molecular formula is C23H22N2. The van der Waals surface area contributed by atoms with Crippen LogP contribution >= 0.6 is 0 Å². The summed E-state index contributed by atoms with van der Waals surface area (Å²) in [6.45, 7) is 4.32. The van der Waals surface area contributed by atoms with Crippen LogP contribution in [0.15, 0.2) is 66.7 Å². The van der Waals surface area contributed by atoms with Crippen LogP contribution in [0, 0.1) is 13.8 Å². The monoisotopic (exact) mass is 326 g/mol. The van der Waals surface area contributed by atoms with Crippen molar-refractivity contribution in [1.82, 2.24) is 9.97 Å². The molecule has 1 N–H and O–H groups in total. The van der Waals surface area contributed by atoms with Gasteiger partial charge in [0.1, 0.15) is 5.82 Å². The second-order valence-corrected chi connectivity index (χ2v) is 6.70. The predicted molar refractivity (Wildman–Crippen MR) is 105 cm³/mol. The SMILES string of the molecule is Cc1ccc(-c2ccc(CCc3nc4ccccc4[nH]3)cc2)cc1C. The average molecular weight is 326 g/mol. The molecule has 0 saturated heterocycles. The van der Waals surface area contributed by atoms with Gasteiger partial charge in [-0.1, -0.05) is 54.6 Å². The van der Waals surface area contributed by atoms with Crippen LogP contribution in [0.4, 0.5) is 0 Å². The second-order valence-electron chi connectivity index (χ2n) is 6.70. The molecule has 0 spiro atoms. The number of aromatic nitrogens is 2. The number of para-hydroxylation sites is 2. The summed E-state index contributed by atoms with van der Waals surface area (Å²) in [5, 5.41) is 0. The lowest BCUT2D eigenvalue weighted by atomic mass is 9.99. The molecule has 25 heavy (non-hydrogen) atoms. The van der Waals surface area contributed by atoms with Crippen molar-refractivity contribution in [3.8, 4) is 11.1 Å². The van der Waals surface area contributed by atoms with Crippen LogP contribution in [0.25, 0.3) is 22.2 Å². The summed E-state index contributed by atoms with van der Waals surface area (Å²) in [5.74, 6) is 1.06. The zero-order valence-electron chi connectivity index (χ0n) is 14.7. The molecule has 4 rings (SSSR count). The molecule has 0 fully saturated rings. The van der Waals surface area contributed by atoms with Gasteiger partial charge < -0.3 is 4.98 Å². The Hall–Kier alpha value is -2.87. The number of benzene rings is 3. The first-order chi connectivity index (χ1) is 12.2. The van der Waals surface area contributed by atoms with E-state index in [9.17, 15) is 0 Å². The van der Waals surface area contributed by atoms with Gasteiger partial charge in [0.2, 0.25) is 0 Å². The molecule has 2 nitrogen and oxygen atoms in total. The van der Waals surface area contributed by atoms with E-state index in [0.29, 0.717) is 0 Å². The summed E-state index contributed by atoms with van der Waals surface area (Å²) in [6.07, 6.45) is 1.92. The quantitative estimate of drug-likeness (QED) is 0.517. The first-order valence-electron chi connectivity index (χ1n) is 8.79. The average Bonchev–Trinajstić information content (AvgIpc) is 3.06. The van der Waals surface area contributed by atoms with E-state index in [-0.39, 0.29) is 0 Å². The van der Waals surface area contributed by atoms with E-state index in [4.69, 9.17) is 0 Å². The van der Waals surface area contributed by atoms with E-state index in [1.54, 1.807) is 0 Å². The fourth-order valence-electron chi connectivity index (χ4n) is 3.17. The van der Waals surface area contributed by atoms with E-state index in [1.807, 2.05) is 18.2 Å². The summed E-state index contributed by atoms with van der Waals surface area (Å²) >= 11 is 0. The minimum absolute atomic E-state index is 0.928. The van der Waals surface area contributed by atoms with Gasteiger partial charge in [-0.05, 0) is 60.2 Å². The molecule has 0 amide bonds. The lowest BCUT2D eigenvalue weighted by Crippen LogP contribution is -1.93. The van der Waals surface area contributed by atoms with Crippen LogP contribution in [0.5, 0.6) is 0 Å². The van der Waals surface area contributed by atoms with Gasteiger partial charge in [-0.3, -0.25) is 0 Å². The van der Waals surface area contributed by atoms with Crippen molar-refractivity contribution >= 4 is 11.0 Å². The number of fused-ring (bicyclic) bond motifs is 1. The Balaban J connectivity index is 1.47. The Morgan fingerprint density at radius 1 is 0.760 bits per heavy atom. The van der Waals surface area contributed by atoms with Crippen molar-refractivity contribution < 1.29 is 0 Å². The molecule has 0 bridgehead atoms. The molecule has 1 aromatic heterocycles. The van der Waals surface area contributed by atoms with Crippen molar-refractivity contribution in [2.45, 2.75) is 26.7 Å². The van der Waals surface area contributed by atoms with Gasteiger partial charge in [0.05, 0.1) is 11.0 Å². The summed E-state index contributed by atoms with van der Waals surface area (Å²) in [4.78, 5) is 8.06. The maximum atomic E-state index is 4.66. The number of imidazole rings is 1. The van der Waals surface area contributed by atoms with Crippen molar-refractivity contribution in [3.05, 3.63) is 89.2 Å². The molecule has 0 atom stereocenters. The number of aryl methyl sites for hydroxylation is 4. The fourth-order valence-corrected chi connectivity index (χ4v) is 3.17. The predicted octanol–water partition coefficient (Wildman–Crippen LogP) is 5.63. The van der Waals surface area contributed by atoms with E-state index in [0.717, 1.165) is 29.7 Å². The zero-order valence-corrected chi connectivity index (χ0v) is 14.7. The maximum absolute atomic E-state index is 4.66. The molecule has 4 aromatic rings. The minimum atomic E-state index is 0.928. The topological polar surface area (TPSA) is 28.7 Å². The summed E-state index contributed by atoms with van der Waals surface area (Å²) < 4.78 is 0. The van der Waals surface area contributed by atoms with Gasteiger partial charge in [0.25, 0.3) is 0 Å². The molecule has 124 valence electrons. The van der Waals surface area contributed by atoms with Crippen LogP contribution in [-0.4, -0.2) is 9.97 Å². The van der Waals surface area contributed by atoms with Gasteiger partial charge in [-0.2, -0.15) is 0 Å². The number of H-pyrrole nitrogens is 1. The number of nitrogens with zero attached hydrogens (tertiary/aromatic N) is 1. The van der Waals surface area contributed by atoms with Crippen LogP contribution in [0.1, 0.15) is 22.5 Å². The molecule has 0 aliphatic heterocycles. The fraction of sp³-hybridized carbons (Fsp3) is 0.174. The Labute approximate surface area is 148 Å². The lowest BCUT2D eigenvalue weighted by molar-refractivity contribution is 0.890. The molecule has 0 unspecified atom stereocenters. The number of nitrogens with one attached hydrogen (secondary N) is 1. The Morgan fingerprint density at radius 2 is 1.52 bits per heavy atom. The van der Waals surface area contributed by atoms with Crippen molar-refractivity contribution in [2.24, 2.45) is 0 Å². The summed E-state index contributed by atoms with van der Waals surface area (Å²) in [5.41, 5.74) is 8.73. The van der Waals surface area contributed by atoms with Crippen molar-refractivity contribution in [2.75, 3.05) is 0 Å². The highest BCUT2D eigenvalue weighted by molar-refractivity contribution is 5.74. The van der Waals surface area contributed by atoms with E-state index < -0.39 is 0 Å². The van der Waals surface area contributed by atoms with Crippen LogP contribution < -0.4 is 0 Å². The Morgan fingerprint density at radius 3 is 2.28 bits per heavy atom. The molecule has 0 saturated carbocycles. The normalized spacial score (nSPS) is 11.1. The highest BCUT2D eigenvalue weighted by Gasteiger charge is 2.04. The molecule has 0 aliphatic rings. The number of aromatic amines is 1. The number of rotatable bonds is 4. The summed E-state index contributed by atoms with van der Waals surface area (Å²) in [7, 11) is 0. The maximum Gasteiger partial charge on any atom is 0.107 e. The van der Waals surface area contributed by atoms with Crippen molar-refractivity contribution in [3.63, 3.8) is 0 Å². The van der Waals surface area contributed by atoms with Gasteiger partial charge >= 0.3 is 0 Å². The first-order valence-corrected chi connectivity index (χ1v) is 8.79. The Kier molecular flexibility index (Phi) is 4.10.